The van der Waals surface area contributed by atoms with Gasteiger partial charge in [0.05, 0.1) is 5.69 Å². The third-order valence-electron chi connectivity index (χ3n) is 2.87. The zero-order chi connectivity index (χ0) is 13.4. The van der Waals surface area contributed by atoms with Gasteiger partial charge >= 0.3 is 0 Å². The van der Waals surface area contributed by atoms with E-state index in [9.17, 15) is 0 Å². The van der Waals surface area contributed by atoms with Crippen LogP contribution in [-0.4, -0.2) is 25.1 Å². The summed E-state index contributed by atoms with van der Waals surface area (Å²) < 4.78 is 1.67. The zero-order valence-corrected chi connectivity index (χ0v) is 11.0. The molecule has 0 amide bonds. The van der Waals surface area contributed by atoms with E-state index < -0.39 is 0 Å². The van der Waals surface area contributed by atoms with Crippen molar-refractivity contribution in [2.75, 3.05) is 5.84 Å². The summed E-state index contributed by atoms with van der Waals surface area (Å²) in [5.74, 6) is 6.30. The lowest BCUT2D eigenvalue weighted by Crippen LogP contribution is -2.09. The number of nitrogens with one attached hydrogen (secondary N) is 2. The summed E-state index contributed by atoms with van der Waals surface area (Å²) in [6.45, 7) is 2.05. The molecular weight excluding hydrogens is 260 g/mol. The molecule has 0 aliphatic carbocycles. The fourth-order valence-electron chi connectivity index (χ4n) is 1.80. The highest BCUT2D eigenvalue weighted by molar-refractivity contribution is 7.71. The van der Waals surface area contributed by atoms with Gasteiger partial charge in [-0.05, 0) is 25.2 Å². The second-order valence-corrected chi connectivity index (χ2v) is 4.64. The molecule has 0 unspecified atom stereocenters. The van der Waals surface area contributed by atoms with Crippen molar-refractivity contribution in [3.05, 3.63) is 40.7 Å². The lowest BCUT2D eigenvalue weighted by molar-refractivity contribution is 0.970. The molecule has 0 spiro atoms. The standard InChI is InChI=1S/C12H12N6S/c1-7-2-4-8(5-3-7)9-6-10(15-14-9)11-16-17-12(19)18(11)13/h2-6H,13H2,1H3,(H,14,15)(H,17,19). The molecular formula is C12H12N6S. The second kappa shape index (κ2) is 4.36. The van der Waals surface area contributed by atoms with Crippen molar-refractivity contribution in [2.45, 2.75) is 6.92 Å². The van der Waals surface area contributed by atoms with Gasteiger partial charge in [-0.15, -0.1) is 0 Å². The van der Waals surface area contributed by atoms with Crippen LogP contribution in [0, 0.1) is 11.7 Å². The van der Waals surface area contributed by atoms with E-state index in [-0.39, 0.29) is 0 Å². The number of benzene rings is 1. The zero-order valence-electron chi connectivity index (χ0n) is 10.2. The van der Waals surface area contributed by atoms with Gasteiger partial charge in [0, 0.05) is 5.56 Å². The van der Waals surface area contributed by atoms with Crippen molar-refractivity contribution < 1.29 is 0 Å². The molecule has 96 valence electrons. The number of nitrogens with two attached hydrogens (primary N) is 1. The number of nitrogen functional groups attached to an aromatic ring is 1. The molecule has 0 radical (unpaired) electrons. The van der Waals surface area contributed by atoms with Crippen molar-refractivity contribution in [1.29, 1.82) is 0 Å². The van der Waals surface area contributed by atoms with Gasteiger partial charge in [0.1, 0.15) is 5.69 Å². The van der Waals surface area contributed by atoms with Gasteiger partial charge in [0.15, 0.2) is 5.82 Å². The van der Waals surface area contributed by atoms with Crippen molar-refractivity contribution in [3.8, 4) is 22.8 Å². The van der Waals surface area contributed by atoms with Crippen molar-refractivity contribution in [2.24, 2.45) is 0 Å². The van der Waals surface area contributed by atoms with Crippen molar-refractivity contribution in [3.63, 3.8) is 0 Å². The molecule has 0 bridgehead atoms. The highest BCUT2D eigenvalue weighted by atomic mass is 32.1. The number of aromatic amines is 2. The van der Waals surface area contributed by atoms with E-state index in [1.54, 1.807) is 0 Å². The Morgan fingerprint density at radius 1 is 1.16 bits per heavy atom. The Hall–Kier alpha value is -2.41. The first-order valence-electron chi connectivity index (χ1n) is 5.70. The molecule has 0 aliphatic heterocycles. The molecule has 7 heteroatoms. The lowest BCUT2D eigenvalue weighted by atomic mass is 10.1. The molecule has 0 aliphatic rings. The molecule has 2 aromatic heterocycles. The van der Waals surface area contributed by atoms with Crippen LogP contribution in [0.4, 0.5) is 0 Å². The molecule has 0 fully saturated rings. The monoisotopic (exact) mass is 272 g/mol. The number of H-pyrrole nitrogens is 2. The first-order valence-corrected chi connectivity index (χ1v) is 6.11. The van der Waals surface area contributed by atoms with Gasteiger partial charge < -0.3 is 5.84 Å². The van der Waals surface area contributed by atoms with E-state index in [4.69, 9.17) is 18.1 Å². The number of hydrogen-bond donors (Lipinski definition) is 3. The third-order valence-corrected chi connectivity index (χ3v) is 3.16. The molecule has 2 heterocycles. The largest absolute Gasteiger partial charge is 0.335 e. The molecule has 1 aromatic carbocycles. The molecule has 19 heavy (non-hydrogen) atoms. The molecule has 4 N–H and O–H groups in total. The number of hydrogen-bond acceptors (Lipinski definition) is 4. The lowest BCUT2D eigenvalue weighted by Gasteiger charge is -1.96. The minimum Gasteiger partial charge on any atom is -0.335 e. The fraction of sp³-hybridized carbons (Fsp3) is 0.0833. The van der Waals surface area contributed by atoms with Crippen LogP contribution in [0.3, 0.4) is 0 Å². The maximum absolute atomic E-state index is 5.77. The fourth-order valence-corrected chi connectivity index (χ4v) is 1.94. The molecule has 6 nitrogen and oxygen atoms in total. The number of aryl methyl sites for hydroxylation is 1. The second-order valence-electron chi connectivity index (χ2n) is 4.26. The summed E-state index contributed by atoms with van der Waals surface area (Å²) in [6.07, 6.45) is 0. The summed E-state index contributed by atoms with van der Waals surface area (Å²) in [5, 5.41) is 13.9. The number of aromatic nitrogens is 5. The first-order chi connectivity index (χ1) is 9.15. The van der Waals surface area contributed by atoms with E-state index in [2.05, 4.69) is 20.4 Å². The van der Waals surface area contributed by atoms with E-state index in [0.717, 1.165) is 11.3 Å². The van der Waals surface area contributed by atoms with Crippen LogP contribution in [0.15, 0.2) is 30.3 Å². The van der Waals surface area contributed by atoms with E-state index >= 15 is 0 Å². The minimum atomic E-state index is 0.362. The molecule has 0 saturated heterocycles. The summed E-state index contributed by atoms with van der Waals surface area (Å²) in [5.41, 5.74) is 3.79. The van der Waals surface area contributed by atoms with Crippen LogP contribution in [0.1, 0.15) is 5.56 Å². The Bertz CT molecular complexity index is 764. The van der Waals surface area contributed by atoms with E-state index in [1.807, 2.05) is 37.3 Å². The van der Waals surface area contributed by atoms with Crippen molar-refractivity contribution in [1.82, 2.24) is 25.1 Å². The van der Waals surface area contributed by atoms with E-state index in [1.165, 1.54) is 10.2 Å². The Kier molecular flexibility index (Phi) is 2.68. The Morgan fingerprint density at radius 2 is 1.89 bits per heavy atom. The van der Waals surface area contributed by atoms with E-state index in [0.29, 0.717) is 16.3 Å². The number of rotatable bonds is 2. The van der Waals surface area contributed by atoms with Crippen molar-refractivity contribution >= 4 is 12.2 Å². The molecule has 0 saturated carbocycles. The van der Waals surface area contributed by atoms with Gasteiger partial charge in [-0.1, -0.05) is 29.8 Å². The van der Waals surface area contributed by atoms with Crippen LogP contribution >= 0.6 is 12.2 Å². The maximum atomic E-state index is 5.77. The smallest absolute Gasteiger partial charge is 0.214 e. The van der Waals surface area contributed by atoms with Gasteiger partial charge in [0.2, 0.25) is 4.77 Å². The quantitative estimate of drug-likeness (QED) is 0.492. The van der Waals surface area contributed by atoms with Crippen LogP contribution in [0.5, 0.6) is 0 Å². The molecule has 3 rings (SSSR count). The number of nitrogens with zero attached hydrogens (tertiary/aromatic N) is 3. The van der Waals surface area contributed by atoms with Gasteiger partial charge in [-0.3, -0.25) is 5.10 Å². The highest BCUT2D eigenvalue weighted by Crippen LogP contribution is 2.22. The predicted molar refractivity (Wildman–Crippen MR) is 75.3 cm³/mol. The van der Waals surface area contributed by atoms with Crippen LogP contribution < -0.4 is 5.84 Å². The minimum absolute atomic E-state index is 0.362. The Balaban J connectivity index is 2.02. The average molecular weight is 272 g/mol. The van der Waals surface area contributed by atoms with Gasteiger partial charge in [-0.25, -0.2) is 9.77 Å². The SMILES string of the molecule is Cc1ccc(-c2cc(-c3n[nH]c(=S)n3N)[nH]n2)cc1. The summed E-state index contributed by atoms with van der Waals surface area (Å²) >= 11 is 4.97. The van der Waals surface area contributed by atoms with Crippen LogP contribution in [-0.2, 0) is 0 Å². The average Bonchev–Trinajstić information content (AvgIpc) is 2.99. The topological polar surface area (TPSA) is 88.3 Å². The summed E-state index contributed by atoms with van der Waals surface area (Å²) in [6, 6.07) is 10.0. The van der Waals surface area contributed by atoms with Crippen LogP contribution in [0.25, 0.3) is 22.8 Å². The van der Waals surface area contributed by atoms with Gasteiger partial charge in [0.25, 0.3) is 0 Å². The summed E-state index contributed by atoms with van der Waals surface area (Å²) in [4.78, 5) is 0. The molecule has 0 atom stereocenters. The first kappa shape index (κ1) is 11.7. The predicted octanol–water partition coefficient (Wildman–Crippen LogP) is 2.02. The Labute approximate surface area is 114 Å². The Morgan fingerprint density at radius 3 is 2.53 bits per heavy atom. The van der Waals surface area contributed by atoms with Crippen LogP contribution in [0.2, 0.25) is 0 Å². The maximum Gasteiger partial charge on any atom is 0.214 e. The van der Waals surface area contributed by atoms with Gasteiger partial charge in [-0.2, -0.15) is 10.2 Å². The normalized spacial score (nSPS) is 10.8. The molecule has 3 aromatic rings. The summed E-state index contributed by atoms with van der Waals surface area (Å²) in [7, 11) is 0. The third kappa shape index (κ3) is 2.04. The highest BCUT2D eigenvalue weighted by Gasteiger charge is 2.11.